The maximum absolute atomic E-state index is 11.0. The number of carbonyl (C=O) groups is 1. The first-order chi connectivity index (χ1) is 6.15. The lowest BCUT2D eigenvalue weighted by atomic mass is 9.97. The van der Waals surface area contributed by atoms with Gasteiger partial charge in [0.2, 0.25) is 5.91 Å². The fourth-order valence-corrected chi connectivity index (χ4v) is 1.30. The minimum Gasteiger partial charge on any atom is -0.369 e. The van der Waals surface area contributed by atoms with Crippen molar-refractivity contribution in [3.05, 3.63) is 35.4 Å². The highest BCUT2D eigenvalue weighted by atomic mass is 16.1. The Labute approximate surface area is 77.7 Å². The van der Waals surface area contributed by atoms with Gasteiger partial charge >= 0.3 is 0 Å². The lowest BCUT2D eigenvalue weighted by molar-refractivity contribution is -0.119. The van der Waals surface area contributed by atoms with E-state index in [0.717, 1.165) is 11.1 Å². The average Bonchev–Trinajstić information content (AvgIpc) is 2.04. The molecular formula is C10H14N2O. The van der Waals surface area contributed by atoms with Crippen LogP contribution in [0.2, 0.25) is 0 Å². The number of benzene rings is 1. The van der Waals surface area contributed by atoms with Gasteiger partial charge in [-0.15, -0.1) is 0 Å². The molecule has 1 aromatic rings. The SMILES string of the molecule is Cc1cccc(C(CN)C(N)=O)c1. The predicted octanol–water partition coefficient (Wildman–Crippen LogP) is 0.523. The summed E-state index contributed by atoms with van der Waals surface area (Å²) in [5.74, 6) is -0.729. The molecule has 0 heterocycles. The van der Waals surface area contributed by atoms with Gasteiger partial charge in [-0.05, 0) is 12.5 Å². The molecule has 1 atom stereocenters. The van der Waals surface area contributed by atoms with Crippen LogP contribution >= 0.6 is 0 Å². The third-order valence-corrected chi connectivity index (χ3v) is 2.02. The molecule has 1 unspecified atom stereocenters. The van der Waals surface area contributed by atoms with E-state index in [2.05, 4.69) is 0 Å². The second kappa shape index (κ2) is 4.05. The zero-order valence-electron chi connectivity index (χ0n) is 7.66. The van der Waals surface area contributed by atoms with Gasteiger partial charge in [-0.1, -0.05) is 29.8 Å². The van der Waals surface area contributed by atoms with Crippen LogP contribution in [-0.4, -0.2) is 12.5 Å². The van der Waals surface area contributed by atoms with Crippen LogP contribution in [0.5, 0.6) is 0 Å². The molecule has 13 heavy (non-hydrogen) atoms. The average molecular weight is 178 g/mol. The number of primary amides is 1. The lowest BCUT2D eigenvalue weighted by Gasteiger charge is -2.11. The minimum absolute atomic E-state index is 0.263. The quantitative estimate of drug-likeness (QED) is 0.708. The van der Waals surface area contributed by atoms with Crippen molar-refractivity contribution in [1.82, 2.24) is 0 Å². The van der Waals surface area contributed by atoms with Gasteiger partial charge in [-0.2, -0.15) is 0 Å². The molecule has 4 N–H and O–H groups in total. The van der Waals surface area contributed by atoms with Crippen LogP contribution < -0.4 is 11.5 Å². The molecule has 70 valence electrons. The molecule has 0 fully saturated rings. The van der Waals surface area contributed by atoms with Crippen molar-refractivity contribution in [2.24, 2.45) is 11.5 Å². The van der Waals surface area contributed by atoms with Crippen LogP contribution in [0.3, 0.4) is 0 Å². The van der Waals surface area contributed by atoms with Crippen molar-refractivity contribution in [3.8, 4) is 0 Å². The third-order valence-electron chi connectivity index (χ3n) is 2.02. The fourth-order valence-electron chi connectivity index (χ4n) is 1.30. The number of rotatable bonds is 3. The normalized spacial score (nSPS) is 12.5. The number of hydrogen-bond acceptors (Lipinski definition) is 2. The van der Waals surface area contributed by atoms with E-state index >= 15 is 0 Å². The number of nitrogens with two attached hydrogens (primary N) is 2. The zero-order chi connectivity index (χ0) is 9.84. The van der Waals surface area contributed by atoms with Crippen molar-refractivity contribution in [3.63, 3.8) is 0 Å². The predicted molar refractivity (Wildman–Crippen MR) is 52.2 cm³/mol. The van der Waals surface area contributed by atoms with E-state index in [4.69, 9.17) is 11.5 Å². The van der Waals surface area contributed by atoms with Gasteiger partial charge in [-0.3, -0.25) is 4.79 Å². The van der Waals surface area contributed by atoms with Crippen LogP contribution in [0, 0.1) is 6.92 Å². The molecule has 0 aliphatic rings. The van der Waals surface area contributed by atoms with E-state index in [1.54, 1.807) is 0 Å². The second-order valence-corrected chi connectivity index (χ2v) is 3.10. The van der Waals surface area contributed by atoms with Crippen molar-refractivity contribution in [1.29, 1.82) is 0 Å². The number of amides is 1. The van der Waals surface area contributed by atoms with Crippen molar-refractivity contribution in [2.45, 2.75) is 12.8 Å². The molecule has 0 bridgehead atoms. The smallest absolute Gasteiger partial charge is 0.226 e. The van der Waals surface area contributed by atoms with Gasteiger partial charge in [0.15, 0.2) is 0 Å². The summed E-state index contributed by atoms with van der Waals surface area (Å²) in [5, 5.41) is 0. The zero-order valence-corrected chi connectivity index (χ0v) is 7.66. The van der Waals surface area contributed by atoms with Gasteiger partial charge < -0.3 is 11.5 Å². The molecule has 0 spiro atoms. The topological polar surface area (TPSA) is 69.1 Å². The molecule has 1 aromatic carbocycles. The Morgan fingerprint density at radius 2 is 2.23 bits per heavy atom. The summed E-state index contributed by atoms with van der Waals surface area (Å²) in [5.41, 5.74) is 12.7. The van der Waals surface area contributed by atoms with Crippen molar-refractivity contribution >= 4 is 5.91 Å². The van der Waals surface area contributed by atoms with Gasteiger partial charge in [0.05, 0.1) is 5.92 Å². The van der Waals surface area contributed by atoms with Crippen LogP contribution in [0.4, 0.5) is 0 Å². The van der Waals surface area contributed by atoms with E-state index in [-0.39, 0.29) is 18.4 Å². The summed E-state index contributed by atoms with van der Waals surface area (Å²) in [6, 6.07) is 7.67. The summed E-state index contributed by atoms with van der Waals surface area (Å²) >= 11 is 0. The van der Waals surface area contributed by atoms with Crippen molar-refractivity contribution in [2.75, 3.05) is 6.54 Å². The van der Waals surface area contributed by atoms with E-state index < -0.39 is 0 Å². The Bertz CT molecular complexity index is 310. The summed E-state index contributed by atoms with van der Waals surface area (Å²) in [7, 11) is 0. The Morgan fingerprint density at radius 1 is 1.54 bits per heavy atom. The molecule has 0 aromatic heterocycles. The molecule has 1 rings (SSSR count). The summed E-state index contributed by atoms with van der Waals surface area (Å²) in [4.78, 5) is 11.0. The molecule has 0 saturated carbocycles. The maximum Gasteiger partial charge on any atom is 0.226 e. The Kier molecular flexibility index (Phi) is 3.03. The number of carbonyl (C=O) groups excluding carboxylic acids is 1. The highest BCUT2D eigenvalue weighted by molar-refractivity contribution is 5.82. The summed E-state index contributed by atoms with van der Waals surface area (Å²) < 4.78 is 0. The van der Waals surface area contributed by atoms with Crippen LogP contribution in [0.25, 0.3) is 0 Å². The molecule has 3 nitrogen and oxygen atoms in total. The lowest BCUT2D eigenvalue weighted by Crippen LogP contribution is -2.27. The van der Waals surface area contributed by atoms with E-state index in [9.17, 15) is 4.79 Å². The van der Waals surface area contributed by atoms with Crippen molar-refractivity contribution < 1.29 is 4.79 Å². The molecule has 3 heteroatoms. The van der Waals surface area contributed by atoms with Gasteiger partial charge in [0, 0.05) is 6.54 Å². The highest BCUT2D eigenvalue weighted by Gasteiger charge is 2.15. The molecular weight excluding hydrogens is 164 g/mol. The molecule has 0 aliphatic carbocycles. The molecule has 0 radical (unpaired) electrons. The first-order valence-corrected chi connectivity index (χ1v) is 4.21. The standard InChI is InChI=1S/C10H14N2O/c1-7-3-2-4-8(5-7)9(6-11)10(12)13/h2-5,9H,6,11H2,1H3,(H2,12,13). The van der Waals surface area contributed by atoms with Gasteiger partial charge in [0.1, 0.15) is 0 Å². The largest absolute Gasteiger partial charge is 0.369 e. The van der Waals surface area contributed by atoms with Crippen LogP contribution in [0.1, 0.15) is 17.0 Å². The maximum atomic E-state index is 11.0. The fraction of sp³-hybridized carbons (Fsp3) is 0.300. The molecule has 1 amide bonds. The minimum atomic E-state index is -0.367. The van der Waals surface area contributed by atoms with Crippen LogP contribution in [-0.2, 0) is 4.79 Å². The second-order valence-electron chi connectivity index (χ2n) is 3.10. The molecule has 0 saturated heterocycles. The summed E-state index contributed by atoms with van der Waals surface area (Å²) in [6.45, 7) is 2.23. The van der Waals surface area contributed by atoms with E-state index in [0.29, 0.717) is 0 Å². The third kappa shape index (κ3) is 2.29. The first-order valence-electron chi connectivity index (χ1n) is 4.21. The van der Waals surface area contributed by atoms with Crippen LogP contribution in [0.15, 0.2) is 24.3 Å². The van der Waals surface area contributed by atoms with Gasteiger partial charge in [-0.25, -0.2) is 0 Å². The molecule has 0 aliphatic heterocycles. The Balaban J connectivity index is 2.98. The monoisotopic (exact) mass is 178 g/mol. The van der Waals surface area contributed by atoms with E-state index in [1.807, 2.05) is 31.2 Å². The number of aryl methyl sites for hydroxylation is 1. The van der Waals surface area contributed by atoms with E-state index in [1.165, 1.54) is 0 Å². The Morgan fingerprint density at radius 3 is 2.69 bits per heavy atom. The first kappa shape index (κ1) is 9.74. The highest BCUT2D eigenvalue weighted by Crippen LogP contribution is 2.15. The summed E-state index contributed by atoms with van der Waals surface area (Å²) in [6.07, 6.45) is 0. The Hall–Kier alpha value is -1.35. The number of hydrogen-bond donors (Lipinski definition) is 2. The van der Waals surface area contributed by atoms with Gasteiger partial charge in [0.25, 0.3) is 0 Å².